The second-order valence-electron chi connectivity index (χ2n) is 3.23. The zero-order valence-electron chi connectivity index (χ0n) is 7.37. The Bertz CT molecular complexity index is 400. The van der Waals surface area contributed by atoms with Gasteiger partial charge in [-0.2, -0.15) is 5.16 Å². The Labute approximate surface area is 78.9 Å². The first-order chi connectivity index (χ1) is 6.70. The van der Waals surface area contributed by atoms with Crippen molar-refractivity contribution < 1.29 is 14.4 Å². The Morgan fingerprint density at radius 1 is 1.57 bits per heavy atom. The minimum atomic E-state index is -1.25. The number of aromatic carboxylic acids is 1. The lowest BCUT2D eigenvalue weighted by Crippen LogP contribution is -2.19. The lowest BCUT2D eigenvalue weighted by atomic mass is 10.1. The van der Waals surface area contributed by atoms with Crippen molar-refractivity contribution in [2.75, 3.05) is 6.54 Å². The van der Waals surface area contributed by atoms with Crippen molar-refractivity contribution in [3.05, 3.63) is 21.7 Å². The van der Waals surface area contributed by atoms with Crippen molar-refractivity contribution in [2.24, 2.45) is 0 Å². The molecule has 2 rings (SSSR count). The van der Waals surface area contributed by atoms with Crippen LogP contribution in [0.2, 0.25) is 0 Å². The molecule has 1 unspecified atom stereocenters. The number of nitrogens with one attached hydrogen (secondary N) is 2. The van der Waals surface area contributed by atoms with Gasteiger partial charge in [0.2, 0.25) is 0 Å². The average Bonchev–Trinajstić information content (AvgIpc) is 2.70. The first kappa shape index (κ1) is 9.01. The Morgan fingerprint density at radius 3 is 2.93 bits per heavy atom. The zero-order valence-corrected chi connectivity index (χ0v) is 7.37. The summed E-state index contributed by atoms with van der Waals surface area (Å²) in [7, 11) is 0. The fraction of sp³-hybridized carbons (Fsp3) is 0.500. The Balaban J connectivity index is 2.42. The maximum Gasteiger partial charge on any atom is 0.345 e. The second-order valence-corrected chi connectivity index (χ2v) is 3.23. The molecule has 6 heteroatoms. The summed E-state index contributed by atoms with van der Waals surface area (Å²) in [5.41, 5.74) is -0.967. The maximum atomic E-state index is 11.1. The van der Waals surface area contributed by atoms with Crippen LogP contribution in [0.4, 0.5) is 0 Å². The van der Waals surface area contributed by atoms with Gasteiger partial charge in [0.1, 0.15) is 0 Å². The summed E-state index contributed by atoms with van der Waals surface area (Å²) >= 11 is 0. The standard InChI is InChI=1S/C8H10N2O4/c11-7-5(8(12)13)6(14-10-7)4-2-1-3-9-4/h4,9H,1-3H2,(H,10,11)(H,12,13). The van der Waals surface area contributed by atoms with Gasteiger partial charge < -0.3 is 14.9 Å². The van der Waals surface area contributed by atoms with Crippen LogP contribution in [0.3, 0.4) is 0 Å². The first-order valence-electron chi connectivity index (χ1n) is 4.38. The van der Waals surface area contributed by atoms with E-state index in [2.05, 4.69) is 5.32 Å². The smallest absolute Gasteiger partial charge is 0.345 e. The Kier molecular flexibility index (Phi) is 2.12. The van der Waals surface area contributed by atoms with Gasteiger partial charge in [-0.25, -0.2) is 4.79 Å². The highest BCUT2D eigenvalue weighted by atomic mass is 16.5. The van der Waals surface area contributed by atoms with Crippen molar-refractivity contribution in [3.8, 4) is 0 Å². The van der Waals surface area contributed by atoms with Gasteiger partial charge in [-0.15, -0.1) is 0 Å². The molecule has 0 radical (unpaired) electrons. The number of rotatable bonds is 2. The topological polar surface area (TPSA) is 95.3 Å². The number of hydrogen-bond donors (Lipinski definition) is 3. The van der Waals surface area contributed by atoms with E-state index in [4.69, 9.17) is 9.63 Å². The largest absolute Gasteiger partial charge is 0.477 e. The average molecular weight is 198 g/mol. The summed E-state index contributed by atoms with van der Waals surface area (Å²) in [4.78, 5) is 21.8. The molecule has 0 amide bonds. The normalized spacial score (nSPS) is 21.3. The monoisotopic (exact) mass is 198 g/mol. The van der Waals surface area contributed by atoms with Gasteiger partial charge in [-0.1, -0.05) is 0 Å². The van der Waals surface area contributed by atoms with Crippen LogP contribution in [-0.4, -0.2) is 22.8 Å². The molecule has 1 atom stereocenters. The second kappa shape index (κ2) is 3.30. The molecule has 1 fully saturated rings. The van der Waals surface area contributed by atoms with Gasteiger partial charge in [0.25, 0.3) is 5.56 Å². The van der Waals surface area contributed by atoms with E-state index in [1.165, 1.54) is 0 Å². The number of carboxylic acid groups (broad SMARTS) is 1. The van der Waals surface area contributed by atoms with Crippen LogP contribution in [0.5, 0.6) is 0 Å². The summed E-state index contributed by atoms with van der Waals surface area (Å²) in [6.45, 7) is 0.818. The summed E-state index contributed by atoms with van der Waals surface area (Å²) < 4.78 is 4.86. The van der Waals surface area contributed by atoms with Gasteiger partial charge >= 0.3 is 5.97 Å². The summed E-state index contributed by atoms with van der Waals surface area (Å²) in [6.07, 6.45) is 1.75. The molecule has 3 N–H and O–H groups in total. The molecule has 0 aliphatic carbocycles. The molecule has 76 valence electrons. The molecule has 6 nitrogen and oxygen atoms in total. The fourth-order valence-electron chi connectivity index (χ4n) is 1.67. The third kappa shape index (κ3) is 1.33. The molecule has 1 saturated heterocycles. The lowest BCUT2D eigenvalue weighted by Gasteiger charge is -2.05. The van der Waals surface area contributed by atoms with E-state index in [-0.39, 0.29) is 17.4 Å². The molecule has 0 saturated carbocycles. The van der Waals surface area contributed by atoms with Crippen molar-refractivity contribution >= 4 is 5.97 Å². The van der Waals surface area contributed by atoms with Crippen molar-refractivity contribution in [1.82, 2.24) is 10.5 Å². The van der Waals surface area contributed by atoms with Crippen molar-refractivity contribution in [1.29, 1.82) is 0 Å². The summed E-state index contributed by atoms with van der Waals surface area (Å²) in [5.74, 6) is -1.04. The van der Waals surface area contributed by atoms with Crippen LogP contribution in [0.1, 0.15) is 35.0 Å². The zero-order chi connectivity index (χ0) is 10.1. The predicted octanol–water partition coefficient (Wildman–Crippen LogP) is 0.0906. The van der Waals surface area contributed by atoms with Crippen LogP contribution in [0.25, 0.3) is 0 Å². The molecule has 0 bridgehead atoms. The van der Waals surface area contributed by atoms with Gasteiger partial charge in [-0.3, -0.25) is 4.79 Å². The van der Waals surface area contributed by atoms with E-state index in [0.717, 1.165) is 19.4 Å². The van der Waals surface area contributed by atoms with Crippen LogP contribution >= 0.6 is 0 Å². The molecule has 1 aliphatic heterocycles. The lowest BCUT2D eigenvalue weighted by molar-refractivity contribution is 0.0692. The molecule has 0 spiro atoms. The van der Waals surface area contributed by atoms with Gasteiger partial charge in [0.05, 0.1) is 6.04 Å². The van der Waals surface area contributed by atoms with E-state index < -0.39 is 11.5 Å². The maximum absolute atomic E-state index is 11.1. The molecule has 14 heavy (non-hydrogen) atoms. The highest BCUT2D eigenvalue weighted by Crippen LogP contribution is 2.24. The third-order valence-corrected chi connectivity index (χ3v) is 2.32. The number of aromatic amines is 1. The van der Waals surface area contributed by atoms with Crippen LogP contribution in [0, 0.1) is 0 Å². The third-order valence-electron chi connectivity index (χ3n) is 2.32. The number of carboxylic acids is 1. The SMILES string of the molecule is O=C(O)c1c(C2CCCN2)o[nH]c1=O. The fourth-order valence-corrected chi connectivity index (χ4v) is 1.67. The molecular formula is C8H10N2O4. The van der Waals surface area contributed by atoms with Crippen LogP contribution in [0.15, 0.2) is 9.32 Å². The molecule has 1 aliphatic rings. The van der Waals surface area contributed by atoms with E-state index in [1.54, 1.807) is 0 Å². The number of hydrogen-bond acceptors (Lipinski definition) is 4. The predicted molar refractivity (Wildman–Crippen MR) is 46.3 cm³/mol. The van der Waals surface area contributed by atoms with E-state index in [0.29, 0.717) is 0 Å². The van der Waals surface area contributed by atoms with E-state index in [9.17, 15) is 9.59 Å². The quantitative estimate of drug-likeness (QED) is 0.626. The van der Waals surface area contributed by atoms with E-state index in [1.807, 2.05) is 5.16 Å². The minimum Gasteiger partial charge on any atom is -0.477 e. The highest BCUT2D eigenvalue weighted by Gasteiger charge is 2.28. The first-order valence-corrected chi connectivity index (χ1v) is 4.38. The van der Waals surface area contributed by atoms with Gasteiger partial charge in [0, 0.05) is 0 Å². The molecular weight excluding hydrogens is 188 g/mol. The minimum absolute atomic E-state index is 0.153. The summed E-state index contributed by atoms with van der Waals surface area (Å²) in [5, 5.41) is 13.9. The number of aromatic nitrogens is 1. The van der Waals surface area contributed by atoms with Gasteiger partial charge in [-0.05, 0) is 19.4 Å². The van der Waals surface area contributed by atoms with Crippen LogP contribution < -0.4 is 10.9 Å². The van der Waals surface area contributed by atoms with Gasteiger partial charge in [0.15, 0.2) is 11.3 Å². The molecule has 0 aromatic carbocycles. The summed E-state index contributed by atoms with van der Waals surface area (Å²) in [6, 6.07) is -0.153. The van der Waals surface area contributed by atoms with Crippen molar-refractivity contribution in [2.45, 2.75) is 18.9 Å². The molecule has 1 aromatic heterocycles. The Hall–Kier alpha value is -1.56. The number of carbonyl (C=O) groups is 1. The highest BCUT2D eigenvalue weighted by molar-refractivity contribution is 5.88. The molecule has 1 aromatic rings. The number of H-pyrrole nitrogens is 1. The van der Waals surface area contributed by atoms with Crippen molar-refractivity contribution in [3.63, 3.8) is 0 Å². The van der Waals surface area contributed by atoms with Crippen LogP contribution in [-0.2, 0) is 0 Å². The molecule has 2 heterocycles. The Morgan fingerprint density at radius 2 is 2.36 bits per heavy atom. The van der Waals surface area contributed by atoms with E-state index >= 15 is 0 Å².